The second kappa shape index (κ2) is 7.81. The van der Waals surface area contributed by atoms with Gasteiger partial charge < -0.3 is 15.2 Å². The predicted molar refractivity (Wildman–Crippen MR) is 94.3 cm³/mol. The van der Waals surface area contributed by atoms with Crippen LogP contribution in [-0.2, 0) is 6.61 Å². The smallest absolute Gasteiger partial charge is 0.180 e. The van der Waals surface area contributed by atoms with Crippen molar-refractivity contribution in [2.75, 3.05) is 6.61 Å². The van der Waals surface area contributed by atoms with Crippen molar-refractivity contribution < 1.29 is 13.9 Å². The molecule has 0 amide bonds. The highest BCUT2D eigenvalue weighted by Gasteiger charge is 2.16. The van der Waals surface area contributed by atoms with Gasteiger partial charge in [-0.15, -0.1) is 0 Å². The van der Waals surface area contributed by atoms with Gasteiger partial charge in [-0.2, -0.15) is 0 Å². The fraction of sp³-hybridized carbons (Fsp3) is 0.188. The summed E-state index contributed by atoms with van der Waals surface area (Å²) in [5.41, 5.74) is 6.41. The molecule has 0 fully saturated rings. The molecule has 0 aromatic heterocycles. The molecule has 0 aliphatic heterocycles. The van der Waals surface area contributed by atoms with Crippen molar-refractivity contribution in [3.05, 3.63) is 57.3 Å². The lowest BCUT2D eigenvalue weighted by atomic mass is 10.2. The Balaban J connectivity index is 2.33. The van der Waals surface area contributed by atoms with Crippen molar-refractivity contribution in [2.24, 2.45) is 5.73 Å². The van der Waals surface area contributed by atoms with Gasteiger partial charge in [0.05, 0.1) is 16.7 Å². The third-order valence-corrected chi connectivity index (χ3v) is 3.89. The molecule has 7 heteroatoms. The molecule has 0 saturated carbocycles. The molecular weight excluding hydrogens is 360 g/mol. The molecule has 0 spiro atoms. The lowest BCUT2D eigenvalue weighted by molar-refractivity contribution is 0.266. The minimum absolute atomic E-state index is 0.0856. The summed E-state index contributed by atoms with van der Waals surface area (Å²) < 4.78 is 25.0. The number of hydrogen-bond donors (Lipinski definition) is 1. The quantitative estimate of drug-likeness (QED) is 0.742. The van der Waals surface area contributed by atoms with E-state index in [1.807, 2.05) is 6.92 Å². The summed E-state index contributed by atoms with van der Waals surface area (Å²) in [6.07, 6.45) is 0. The highest BCUT2D eigenvalue weighted by atomic mass is 35.5. The van der Waals surface area contributed by atoms with E-state index in [0.29, 0.717) is 17.9 Å². The fourth-order valence-corrected chi connectivity index (χ4v) is 2.53. The minimum Gasteiger partial charge on any atom is -0.490 e. The summed E-state index contributed by atoms with van der Waals surface area (Å²) in [6.45, 7) is 2.13. The zero-order valence-corrected chi connectivity index (χ0v) is 14.6. The van der Waals surface area contributed by atoms with Gasteiger partial charge in [-0.05, 0) is 31.2 Å². The number of benzene rings is 2. The Hall–Kier alpha value is -1.56. The maximum Gasteiger partial charge on any atom is 0.180 e. The van der Waals surface area contributed by atoms with Crippen molar-refractivity contribution in [2.45, 2.75) is 13.5 Å². The third kappa shape index (κ3) is 4.25. The first-order valence-electron chi connectivity index (χ1n) is 6.75. The highest BCUT2D eigenvalue weighted by Crippen LogP contribution is 2.37. The molecule has 23 heavy (non-hydrogen) atoms. The Kier molecular flexibility index (Phi) is 6.04. The fourth-order valence-electron chi connectivity index (χ4n) is 1.93. The van der Waals surface area contributed by atoms with Crippen LogP contribution in [0.2, 0.25) is 10.0 Å². The van der Waals surface area contributed by atoms with Gasteiger partial charge in [0, 0.05) is 11.1 Å². The second-order valence-electron chi connectivity index (χ2n) is 4.57. The van der Waals surface area contributed by atoms with E-state index in [1.54, 1.807) is 18.2 Å². The molecule has 0 unspecified atom stereocenters. The molecule has 122 valence electrons. The van der Waals surface area contributed by atoms with E-state index in [9.17, 15) is 4.39 Å². The van der Waals surface area contributed by atoms with Crippen molar-refractivity contribution in [1.82, 2.24) is 0 Å². The monoisotopic (exact) mass is 373 g/mol. The second-order valence-corrected chi connectivity index (χ2v) is 5.83. The molecule has 0 aliphatic rings. The summed E-state index contributed by atoms with van der Waals surface area (Å²) in [7, 11) is 0. The van der Waals surface area contributed by atoms with Gasteiger partial charge in [-0.1, -0.05) is 41.5 Å². The molecule has 2 N–H and O–H groups in total. The standard InChI is InChI=1S/C16H14Cl2FNO2S/c1-2-21-14-7-9(16(20)23)6-12(18)15(14)22-8-10-11(17)4-3-5-13(10)19/h3-7H,2,8H2,1H3,(H2,20,23). The molecule has 2 rings (SSSR count). The van der Waals surface area contributed by atoms with Crippen LogP contribution in [-0.4, -0.2) is 11.6 Å². The maximum absolute atomic E-state index is 13.8. The van der Waals surface area contributed by atoms with Crippen LogP contribution in [0.15, 0.2) is 30.3 Å². The van der Waals surface area contributed by atoms with Gasteiger partial charge >= 0.3 is 0 Å². The van der Waals surface area contributed by atoms with E-state index in [0.717, 1.165) is 0 Å². The van der Waals surface area contributed by atoms with Crippen LogP contribution in [0, 0.1) is 5.82 Å². The van der Waals surface area contributed by atoms with Crippen LogP contribution in [0.3, 0.4) is 0 Å². The van der Waals surface area contributed by atoms with E-state index in [2.05, 4.69) is 0 Å². The average Bonchev–Trinajstić information content (AvgIpc) is 2.48. The highest BCUT2D eigenvalue weighted by molar-refractivity contribution is 7.80. The van der Waals surface area contributed by atoms with Crippen molar-refractivity contribution in [3.63, 3.8) is 0 Å². The van der Waals surface area contributed by atoms with Crippen LogP contribution in [0.4, 0.5) is 4.39 Å². The van der Waals surface area contributed by atoms with E-state index in [-0.39, 0.29) is 33.0 Å². The Morgan fingerprint density at radius 3 is 2.57 bits per heavy atom. The van der Waals surface area contributed by atoms with Crippen LogP contribution >= 0.6 is 35.4 Å². The molecule has 0 aliphatic carbocycles. The number of hydrogen-bond acceptors (Lipinski definition) is 3. The summed E-state index contributed by atoms with van der Waals surface area (Å²) in [5, 5.41) is 0.546. The number of rotatable bonds is 6. The summed E-state index contributed by atoms with van der Waals surface area (Å²) in [6, 6.07) is 7.63. The largest absolute Gasteiger partial charge is 0.490 e. The maximum atomic E-state index is 13.8. The molecule has 0 bridgehead atoms. The van der Waals surface area contributed by atoms with Crippen LogP contribution in [0.5, 0.6) is 11.5 Å². The van der Waals surface area contributed by atoms with Crippen molar-refractivity contribution in [1.29, 1.82) is 0 Å². The van der Waals surface area contributed by atoms with E-state index in [4.69, 9.17) is 50.6 Å². The predicted octanol–water partition coefficient (Wildman–Crippen LogP) is 4.74. The molecule has 0 saturated heterocycles. The molecule has 0 radical (unpaired) electrons. The minimum atomic E-state index is -0.452. The van der Waals surface area contributed by atoms with Gasteiger partial charge in [0.2, 0.25) is 0 Å². The van der Waals surface area contributed by atoms with Crippen LogP contribution in [0.1, 0.15) is 18.1 Å². The van der Waals surface area contributed by atoms with E-state index in [1.165, 1.54) is 12.1 Å². The number of ether oxygens (including phenoxy) is 2. The van der Waals surface area contributed by atoms with Gasteiger partial charge in [0.15, 0.2) is 11.5 Å². The van der Waals surface area contributed by atoms with Crippen molar-refractivity contribution >= 4 is 40.4 Å². The summed E-state index contributed by atoms with van der Waals surface area (Å²) in [4.78, 5) is 0.191. The van der Waals surface area contributed by atoms with E-state index < -0.39 is 5.82 Å². The Labute approximate surface area is 149 Å². The van der Waals surface area contributed by atoms with Crippen molar-refractivity contribution in [3.8, 4) is 11.5 Å². The van der Waals surface area contributed by atoms with Crippen LogP contribution in [0.25, 0.3) is 0 Å². The molecular formula is C16H14Cl2FNO2S. The van der Waals surface area contributed by atoms with Gasteiger partial charge in [-0.3, -0.25) is 0 Å². The third-order valence-electron chi connectivity index (χ3n) is 3.02. The molecule has 2 aromatic rings. The zero-order valence-electron chi connectivity index (χ0n) is 12.2. The molecule has 2 aromatic carbocycles. The lowest BCUT2D eigenvalue weighted by Gasteiger charge is -2.15. The lowest BCUT2D eigenvalue weighted by Crippen LogP contribution is -2.10. The normalized spacial score (nSPS) is 10.4. The van der Waals surface area contributed by atoms with Gasteiger partial charge in [0.1, 0.15) is 17.4 Å². The summed E-state index contributed by atoms with van der Waals surface area (Å²) in [5.74, 6) is 0.217. The average molecular weight is 374 g/mol. The first-order chi connectivity index (χ1) is 10.9. The Bertz CT molecular complexity index is 720. The Morgan fingerprint density at radius 1 is 1.22 bits per heavy atom. The number of nitrogens with two attached hydrogens (primary N) is 1. The zero-order chi connectivity index (χ0) is 17.0. The van der Waals surface area contributed by atoms with E-state index >= 15 is 0 Å². The SMILES string of the molecule is CCOc1cc(C(N)=S)cc(Cl)c1OCc1c(F)cccc1Cl. The van der Waals surface area contributed by atoms with Crippen LogP contribution < -0.4 is 15.2 Å². The Morgan fingerprint density at radius 2 is 1.96 bits per heavy atom. The molecule has 0 heterocycles. The first kappa shape index (κ1) is 17.8. The molecule has 3 nitrogen and oxygen atoms in total. The number of halogens is 3. The topological polar surface area (TPSA) is 44.5 Å². The molecule has 0 atom stereocenters. The first-order valence-corrected chi connectivity index (χ1v) is 7.92. The number of thiocarbonyl (C=S) groups is 1. The summed E-state index contributed by atoms with van der Waals surface area (Å²) >= 11 is 17.1. The van der Waals surface area contributed by atoms with Gasteiger partial charge in [-0.25, -0.2) is 4.39 Å². The van der Waals surface area contributed by atoms with Gasteiger partial charge in [0.25, 0.3) is 0 Å².